The smallest absolute Gasteiger partial charge is 0.134 e. The largest absolute Gasteiger partial charge is 0.355 e. The van der Waals surface area contributed by atoms with Gasteiger partial charge in [0.15, 0.2) is 0 Å². The van der Waals surface area contributed by atoms with E-state index in [9.17, 15) is 0 Å². The summed E-state index contributed by atoms with van der Waals surface area (Å²) < 4.78 is 0. The molecule has 0 N–H and O–H groups in total. The van der Waals surface area contributed by atoms with E-state index in [0.29, 0.717) is 5.15 Å². The van der Waals surface area contributed by atoms with Gasteiger partial charge >= 0.3 is 0 Å². The zero-order valence-corrected chi connectivity index (χ0v) is 9.13. The predicted molar refractivity (Wildman–Crippen MR) is 55.2 cm³/mol. The molecule has 0 aliphatic heterocycles. The lowest BCUT2D eigenvalue weighted by atomic mass is 10.1. The summed E-state index contributed by atoms with van der Waals surface area (Å²) in [5, 5.41) is 0.473. The third-order valence-electron chi connectivity index (χ3n) is 1.97. The zero-order chi connectivity index (χ0) is 10.1. The highest BCUT2D eigenvalue weighted by Gasteiger charge is 2.18. The van der Waals surface area contributed by atoms with Crippen LogP contribution in [-0.4, -0.2) is 22.6 Å². The summed E-state index contributed by atoms with van der Waals surface area (Å²) in [5.74, 6) is 0.840. The highest BCUT2D eigenvalue weighted by molar-refractivity contribution is 6.29. The van der Waals surface area contributed by atoms with Crippen LogP contribution in [0.25, 0.3) is 0 Å². The fraction of sp³-hybridized carbons (Fsp3) is 0.556. The maximum Gasteiger partial charge on any atom is 0.134 e. The number of halogens is 1. The van der Waals surface area contributed by atoms with Crippen LogP contribution in [0.5, 0.6) is 0 Å². The second-order valence-corrected chi connectivity index (χ2v) is 4.32. The van der Waals surface area contributed by atoms with Gasteiger partial charge in [0.25, 0.3) is 0 Å². The summed E-state index contributed by atoms with van der Waals surface area (Å²) in [5.41, 5.74) is 0.0394. The number of hydrogen-bond acceptors (Lipinski definition) is 3. The van der Waals surface area contributed by atoms with Crippen molar-refractivity contribution in [2.45, 2.75) is 26.3 Å². The van der Waals surface area contributed by atoms with Crippen LogP contribution < -0.4 is 4.90 Å². The maximum absolute atomic E-state index is 5.76. The molecule has 3 nitrogen and oxygen atoms in total. The van der Waals surface area contributed by atoms with Crippen molar-refractivity contribution in [1.82, 2.24) is 9.97 Å². The number of hydrogen-bond donors (Lipinski definition) is 0. The Kier molecular flexibility index (Phi) is 2.76. The second kappa shape index (κ2) is 3.50. The Morgan fingerprint density at radius 3 is 2.38 bits per heavy atom. The molecule has 0 unspecified atom stereocenters. The molecular formula is C9H14ClN3. The molecule has 0 radical (unpaired) electrons. The topological polar surface area (TPSA) is 29.0 Å². The highest BCUT2D eigenvalue weighted by Crippen LogP contribution is 2.20. The summed E-state index contributed by atoms with van der Waals surface area (Å²) in [6.45, 7) is 6.34. The lowest BCUT2D eigenvalue weighted by Crippen LogP contribution is -2.38. The molecule has 0 aliphatic carbocycles. The van der Waals surface area contributed by atoms with E-state index in [0.717, 1.165) is 5.82 Å². The van der Waals surface area contributed by atoms with Crippen LogP contribution in [0.2, 0.25) is 5.15 Å². The van der Waals surface area contributed by atoms with Crippen molar-refractivity contribution in [2.24, 2.45) is 0 Å². The molecule has 0 aliphatic rings. The standard InChI is InChI=1S/C9H14ClN3/c1-9(2,3)13(4)8-5-7(10)11-6-12-8/h5-6H,1-4H3. The molecule has 0 aromatic carbocycles. The minimum Gasteiger partial charge on any atom is -0.355 e. The normalized spacial score (nSPS) is 11.5. The molecule has 0 spiro atoms. The first-order valence-electron chi connectivity index (χ1n) is 4.12. The summed E-state index contributed by atoms with van der Waals surface area (Å²) in [7, 11) is 1.98. The van der Waals surface area contributed by atoms with Crippen molar-refractivity contribution in [2.75, 3.05) is 11.9 Å². The van der Waals surface area contributed by atoms with Crippen molar-refractivity contribution in [1.29, 1.82) is 0 Å². The molecule has 72 valence electrons. The molecule has 0 amide bonds. The second-order valence-electron chi connectivity index (χ2n) is 3.93. The Hall–Kier alpha value is -0.830. The van der Waals surface area contributed by atoms with Crippen LogP contribution >= 0.6 is 11.6 Å². The van der Waals surface area contributed by atoms with Crippen LogP contribution in [0, 0.1) is 0 Å². The van der Waals surface area contributed by atoms with Crippen molar-refractivity contribution < 1.29 is 0 Å². The summed E-state index contributed by atoms with van der Waals surface area (Å²) >= 11 is 5.76. The molecule has 1 heterocycles. The molecule has 0 saturated carbocycles. The van der Waals surface area contributed by atoms with E-state index in [1.807, 2.05) is 7.05 Å². The monoisotopic (exact) mass is 199 g/mol. The van der Waals surface area contributed by atoms with Crippen LogP contribution in [-0.2, 0) is 0 Å². The Labute approximate surface area is 83.8 Å². The molecule has 0 bridgehead atoms. The quantitative estimate of drug-likeness (QED) is 0.651. The molecule has 13 heavy (non-hydrogen) atoms. The van der Waals surface area contributed by atoms with E-state index in [1.165, 1.54) is 6.33 Å². The van der Waals surface area contributed by atoms with E-state index in [-0.39, 0.29) is 5.54 Å². The Bertz CT molecular complexity index is 293. The van der Waals surface area contributed by atoms with E-state index < -0.39 is 0 Å². The molecule has 1 rings (SSSR count). The Morgan fingerprint density at radius 1 is 1.31 bits per heavy atom. The first-order chi connectivity index (χ1) is 5.91. The van der Waals surface area contributed by atoms with Crippen molar-refractivity contribution in [3.05, 3.63) is 17.5 Å². The first-order valence-corrected chi connectivity index (χ1v) is 4.50. The molecule has 4 heteroatoms. The van der Waals surface area contributed by atoms with Gasteiger partial charge in [0.05, 0.1) is 0 Å². The minimum atomic E-state index is 0.0394. The van der Waals surface area contributed by atoms with Gasteiger partial charge in [0, 0.05) is 18.7 Å². The molecule has 0 saturated heterocycles. The first kappa shape index (κ1) is 10.3. The minimum absolute atomic E-state index is 0.0394. The van der Waals surface area contributed by atoms with Gasteiger partial charge in [-0.05, 0) is 20.8 Å². The third-order valence-corrected chi connectivity index (χ3v) is 2.18. The average molecular weight is 200 g/mol. The number of aromatic nitrogens is 2. The number of rotatable bonds is 1. The third kappa shape index (κ3) is 2.56. The van der Waals surface area contributed by atoms with Gasteiger partial charge in [-0.1, -0.05) is 11.6 Å². The summed E-state index contributed by atoms with van der Waals surface area (Å²) in [6, 6.07) is 1.76. The van der Waals surface area contributed by atoms with Gasteiger partial charge in [-0.15, -0.1) is 0 Å². The average Bonchev–Trinajstić information content (AvgIpc) is 2.01. The van der Waals surface area contributed by atoms with E-state index in [1.54, 1.807) is 6.07 Å². The van der Waals surface area contributed by atoms with Crippen molar-refractivity contribution in [3.63, 3.8) is 0 Å². The maximum atomic E-state index is 5.76. The lowest BCUT2D eigenvalue weighted by Gasteiger charge is -2.32. The van der Waals surface area contributed by atoms with Gasteiger partial charge in [0.1, 0.15) is 17.3 Å². The van der Waals surface area contributed by atoms with Crippen LogP contribution in [0.4, 0.5) is 5.82 Å². The van der Waals surface area contributed by atoms with E-state index in [4.69, 9.17) is 11.6 Å². The lowest BCUT2D eigenvalue weighted by molar-refractivity contribution is 0.533. The van der Waals surface area contributed by atoms with Gasteiger partial charge in [-0.25, -0.2) is 9.97 Å². The fourth-order valence-corrected chi connectivity index (χ4v) is 0.993. The number of nitrogens with zero attached hydrogens (tertiary/aromatic N) is 3. The molecule has 0 fully saturated rings. The summed E-state index contributed by atoms with van der Waals surface area (Å²) in [6.07, 6.45) is 1.47. The molecule has 1 aromatic rings. The van der Waals surface area contributed by atoms with Crippen molar-refractivity contribution >= 4 is 17.4 Å². The van der Waals surface area contributed by atoms with Gasteiger partial charge in [0.2, 0.25) is 0 Å². The Balaban J connectivity index is 2.96. The van der Waals surface area contributed by atoms with E-state index in [2.05, 4.69) is 35.6 Å². The van der Waals surface area contributed by atoms with Gasteiger partial charge in [-0.3, -0.25) is 0 Å². The van der Waals surface area contributed by atoms with Crippen LogP contribution in [0.15, 0.2) is 12.4 Å². The Morgan fingerprint density at radius 2 is 1.92 bits per heavy atom. The summed E-state index contributed by atoms with van der Waals surface area (Å²) in [4.78, 5) is 10.0. The van der Waals surface area contributed by atoms with Crippen LogP contribution in [0.3, 0.4) is 0 Å². The zero-order valence-electron chi connectivity index (χ0n) is 8.37. The molecule has 0 atom stereocenters. The van der Waals surface area contributed by atoms with Crippen molar-refractivity contribution in [3.8, 4) is 0 Å². The predicted octanol–water partition coefficient (Wildman–Crippen LogP) is 2.36. The van der Waals surface area contributed by atoms with Gasteiger partial charge < -0.3 is 4.90 Å². The SMILES string of the molecule is CN(c1cc(Cl)ncn1)C(C)(C)C. The fourth-order valence-electron chi connectivity index (χ4n) is 0.851. The highest BCUT2D eigenvalue weighted by atomic mass is 35.5. The van der Waals surface area contributed by atoms with Gasteiger partial charge in [-0.2, -0.15) is 0 Å². The van der Waals surface area contributed by atoms with E-state index >= 15 is 0 Å². The number of anilines is 1. The van der Waals surface area contributed by atoms with Crippen LogP contribution in [0.1, 0.15) is 20.8 Å². The molecule has 1 aromatic heterocycles. The molecular weight excluding hydrogens is 186 g/mol.